The number of halogens is 2. The maximum atomic E-state index is 12.7. The number of amides is 1. The van der Waals surface area contributed by atoms with Gasteiger partial charge in [-0.25, -0.2) is 0 Å². The van der Waals surface area contributed by atoms with E-state index in [1.54, 1.807) is 18.2 Å². The molecule has 2 aliphatic rings. The van der Waals surface area contributed by atoms with E-state index in [2.05, 4.69) is 26.2 Å². The number of pyridine rings is 1. The summed E-state index contributed by atoms with van der Waals surface area (Å²) in [6.07, 6.45) is 4.42. The summed E-state index contributed by atoms with van der Waals surface area (Å²) in [5.74, 6) is -0.285. The number of hydrogen-bond donors (Lipinski definition) is 1. The number of nitrogens with one attached hydrogen (secondary N) is 1. The Balaban J connectivity index is 1.44. The Bertz CT molecular complexity index is 1120. The van der Waals surface area contributed by atoms with Gasteiger partial charge in [0.2, 0.25) is 0 Å². The van der Waals surface area contributed by atoms with E-state index in [-0.39, 0.29) is 10.9 Å². The molecule has 0 unspecified atom stereocenters. The van der Waals surface area contributed by atoms with Crippen LogP contribution in [0.2, 0.25) is 10.0 Å². The average Bonchev–Trinajstić information content (AvgIpc) is 3.23. The number of carbonyl (C=O) groups excluding carboxylic acids is 1. The zero-order valence-corrected chi connectivity index (χ0v) is 18.0. The molecule has 2 fully saturated rings. The van der Waals surface area contributed by atoms with E-state index in [0.29, 0.717) is 22.3 Å². The first kappa shape index (κ1) is 19.6. The molecule has 5 rings (SSSR count). The molecule has 2 aliphatic heterocycles. The van der Waals surface area contributed by atoms with Crippen LogP contribution < -0.4 is 10.2 Å². The first-order chi connectivity index (χ1) is 14.6. The second-order valence-electron chi connectivity index (χ2n) is 7.90. The Morgan fingerprint density at radius 1 is 1.10 bits per heavy atom. The molecule has 2 saturated heterocycles. The number of benzene rings is 2. The Morgan fingerprint density at radius 2 is 2.00 bits per heavy atom. The summed E-state index contributed by atoms with van der Waals surface area (Å²) in [5.41, 5.74) is 3.15. The standard InChI is InChI=1S/C23H22Cl2N4O/c24-19-5-1-4-17(22(19)25)23(30)27-15-6-7-20-18(13-15)21(8-9-26-20)29-12-11-28-10-2-3-16(28)14-29/h1,4-9,13,16H,2-3,10-12,14H2,(H,27,30)/t16-/m0/s1. The fraction of sp³-hybridized carbons (Fsp3) is 0.304. The molecular formula is C23H22Cl2N4O. The molecule has 3 heterocycles. The second-order valence-corrected chi connectivity index (χ2v) is 8.68. The summed E-state index contributed by atoms with van der Waals surface area (Å²) in [7, 11) is 0. The zero-order chi connectivity index (χ0) is 20.7. The van der Waals surface area contributed by atoms with Crippen LogP contribution in [0.15, 0.2) is 48.7 Å². The van der Waals surface area contributed by atoms with Crippen molar-refractivity contribution in [2.75, 3.05) is 36.4 Å². The maximum Gasteiger partial charge on any atom is 0.257 e. The average molecular weight is 441 g/mol. The maximum absolute atomic E-state index is 12.7. The van der Waals surface area contributed by atoms with Crippen molar-refractivity contribution >= 4 is 51.4 Å². The van der Waals surface area contributed by atoms with Gasteiger partial charge in [0.25, 0.3) is 5.91 Å². The highest BCUT2D eigenvalue weighted by Gasteiger charge is 2.31. The predicted molar refractivity (Wildman–Crippen MR) is 123 cm³/mol. The number of anilines is 2. The van der Waals surface area contributed by atoms with Gasteiger partial charge in [-0.05, 0) is 55.8 Å². The third-order valence-electron chi connectivity index (χ3n) is 6.10. The number of piperazine rings is 1. The van der Waals surface area contributed by atoms with Gasteiger partial charge in [-0.1, -0.05) is 29.3 Å². The zero-order valence-electron chi connectivity index (χ0n) is 16.4. The molecule has 0 saturated carbocycles. The van der Waals surface area contributed by atoms with E-state index >= 15 is 0 Å². The molecule has 0 spiro atoms. The first-order valence-electron chi connectivity index (χ1n) is 10.2. The Labute approximate surface area is 185 Å². The van der Waals surface area contributed by atoms with E-state index in [9.17, 15) is 4.79 Å². The summed E-state index contributed by atoms with van der Waals surface area (Å²) in [6.45, 7) is 4.36. The predicted octanol–water partition coefficient (Wildman–Crippen LogP) is 5.08. The summed E-state index contributed by atoms with van der Waals surface area (Å²) >= 11 is 12.3. The van der Waals surface area contributed by atoms with Gasteiger partial charge in [0.05, 0.1) is 21.1 Å². The molecular weight excluding hydrogens is 419 g/mol. The lowest BCUT2D eigenvalue weighted by Gasteiger charge is -2.39. The van der Waals surface area contributed by atoms with Crippen molar-refractivity contribution in [3.63, 3.8) is 0 Å². The molecule has 1 amide bonds. The largest absolute Gasteiger partial charge is 0.368 e. The Hall–Kier alpha value is -2.34. The highest BCUT2D eigenvalue weighted by atomic mass is 35.5. The molecule has 30 heavy (non-hydrogen) atoms. The quantitative estimate of drug-likeness (QED) is 0.616. The van der Waals surface area contributed by atoms with Crippen molar-refractivity contribution in [2.24, 2.45) is 0 Å². The Kier molecular flexibility index (Phi) is 5.27. The number of aromatic nitrogens is 1. The number of fused-ring (bicyclic) bond motifs is 2. The van der Waals surface area contributed by atoms with Crippen molar-refractivity contribution in [1.82, 2.24) is 9.88 Å². The smallest absolute Gasteiger partial charge is 0.257 e. The number of hydrogen-bond acceptors (Lipinski definition) is 4. The van der Waals surface area contributed by atoms with Crippen LogP contribution in [0.4, 0.5) is 11.4 Å². The lowest BCUT2D eigenvalue weighted by Crippen LogP contribution is -2.50. The molecule has 1 atom stereocenters. The van der Waals surface area contributed by atoms with E-state index in [4.69, 9.17) is 23.2 Å². The highest BCUT2D eigenvalue weighted by molar-refractivity contribution is 6.44. The molecule has 0 radical (unpaired) electrons. The van der Waals surface area contributed by atoms with Gasteiger partial charge in [0, 0.05) is 48.6 Å². The molecule has 2 aromatic carbocycles. The minimum atomic E-state index is -0.285. The first-order valence-corrected chi connectivity index (χ1v) is 11.0. The van der Waals surface area contributed by atoms with Gasteiger partial charge in [-0.3, -0.25) is 14.7 Å². The van der Waals surface area contributed by atoms with Crippen LogP contribution in [-0.4, -0.2) is 48.0 Å². The van der Waals surface area contributed by atoms with Crippen LogP contribution in [0.25, 0.3) is 10.9 Å². The van der Waals surface area contributed by atoms with Crippen LogP contribution in [0, 0.1) is 0 Å². The van der Waals surface area contributed by atoms with Gasteiger partial charge in [-0.2, -0.15) is 0 Å². The van der Waals surface area contributed by atoms with Crippen LogP contribution in [0.3, 0.4) is 0 Å². The van der Waals surface area contributed by atoms with Crippen LogP contribution in [0.1, 0.15) is 23.2 Å². The summed E-state index contributed by atoms with van der Waals surface area (Å²) in [5, 5.41) is 4.61. The molecule has 0 bridgehead atoms. The minimum absolute atomic E-state index is 0.259. The molecule has 7 heteroatoms. The van der Waals surface area contributed by atoms with Gasteiger partial charge in [-0.15, -0.1) is 0 Å². The van der Waals surface area contributed by atoms with Crippen molar-refractivity contribution < 1.29 is 4.79 Å². The molecule has 5 nitrogen and oxygen atoms in total. The van der Waals surface area contributed by atoms with Gasteiger partial charge in [0.15, 0.2) is 0 Å². The fourth-order valence-corrected chi connectivity index (χ4v) is 4.96. The van der Waals surface area contributed by atoms with Gasteiger partial charge < -0.3 is 10.2 Å². The third-order valence-corrected chi connectivity index (χ3v) is 6.92. The topological polar surface area (TPSA) is 48.5 Å². The molecule has 3 aromatic rings. The lowest BCUT2D eigenvalue weighted by molar-refractivity contribution is 0.102. The number of rotatable bonds is 3. The van der Waals surface area contributed by atoms with Crippen molar-refractivity contribution in [2.45, 2.75) is 18.9 Å². The third kappa shape index (κ3) is 3.62. The molecule has 1 aromatic heterocycles. The van der Waals surface area contributed by atoms with Crippen molar-refractivity contribution in [3.05, 3.63) is 64.3 Å². The van der Waals surface area contributed by atoms with E-state index in [1.165, 1.54) is 25.1 Å². The lowest BCUT2D eigenvalue weighted by atomic mass is 10.1. The minimum Gasteiger partial charge on any atom is -0.368 e. The molecule has 0 aliphatic carbocycles. The Morgan fingerprint density at radius 3 is 2.90 bits per heavy atom. The fourth-order valence-electron chi connectivity index (χ4n) is 4.57. The van der Waals surface area contributed by atoms with E-state index < -0.39 is 0 Å². The number of carbonyl (C=O) groups is 1. The monoisotopic (exact) mass is 440 g/mol. The van der Waals surface area contributed by atoms with Crippen LogP contribution in [-0.2, 0) is 0 Å². The van der Waals surface area contributed by atoms with Gasteiger partial charge >= 0.3 is 0 Å². The number of nitrogens with zero attached hydrogens (tertiary/aromatic N) is 3. The summed E-state index contributed by atoms with van der Waals surface area (Å²) < 4.78 is 0. The van der Waals surface area contributed by atoms with E-state index in [0.717, 1.165) is 30.5 Å². The molecule has 1 N–H and O–H groups in total. The van der Waals surface area contributed by atoms with Crippen molar-refractivity contribution in [1.29, 1.82) is 0 Å². The normalized spacial score (nSPS) is 19.1. The summed E-state index contributed by atoms with van der Waals surface area (Å²) in [6, 6.07) is 13.6. The van der Waals surface area contributed by atoms with Crippen LogP contribution in [0.5, 0.6) is 0 Å². The van der Waals surface area contributed by atoms with Crippen molar-refractivity contribution in [3.8, 4) is 0 Å². The van der Waals surface area contributed by atoms with Gasteiger partial charge in [0.1, 0.15) is 0 Å². The SMILES string of the molecule is O=C(Nc1ccc2nccc(N3CCN4CCC[C@H]4C3)c2c1)c1cccc(Cl)c1Cl. The highest BCUT2D eigenvalue weighted by Crippen LogP contribution is 2.32. The van der Waals surface area contributed by atoms with Crippen LogP contribution >= 0.6 is 23.2 Å². The molecule has 154 valence electrons. The second kappa shape index (κ2) is 8.06. The summed E-state index contributed by atoms with van der Waals surface area (Å²) in [4.78, 5) is 22.3. The van der Waals surface area contributed by atoms with E-state index in [1.807, 2.05) is 24.4 Å².